The molecule has 0 spiro atoms. The highest BCUT2D eigenvalue weighted by atomic mass is 16.4. The van der Waals surface area contributed by atoms with Crippen LogP contribution in [0.1, 0.15) is 23.6 Å². The van der Waals surface area contributed by atoms with Crippen molar-refractivity contribution < 1.29 is 9.90 Å². The average Bonchev–Trinajstić information content (AvgIpc) is 2.27. The van der Waals surface area contributed by atoms with Crippen LogP contribution in [0.25, 0.3) is 0 Å². The Bertz CT molecular complexity index is 437. The van der Waals surface area contributed by atoms with Gasteiger partial charge in [-0.15, -0.1) is 0 Å². The molecule has 0 aliphatic heterocycles. The summed E-state index contributed by atoms with van der Waals surface area (Å²) in [4.78, 5) is 12.2. The standard InChI is InChI=1S/C13H16N2O2/c1-10-4-3-5-11(8-10)12(9-14)15(2)7-6-13(16)17/h3-5,8,12H,6-7H2,1-2H3,(H,16,17). The summed E-state index contributed by atoms with van der Waals surface area (Å²) in [7, 11) is 1.76. The zero-order valence-corrected chi connectivity index (χ0v) is 10.1. The Hall–Kier alpha value is -1.86. The van der Waals surface area contributed by atoms with Gasteiger partial charge in [0.1, 0.15) is 6.04 Å². The molecular weight excluding hydrogens is 216 g/mol. The van der Waals surface area contributed by atoms with E-state index in [-0.39, 0.29) is 6.42 Å². The van der Waals surface area contributed by atoms with Crippen LogP contribution in [0.5, 0.6) is 0 Å². The first kappa shape index (κ1) is 13.2. The maximum atomic E-state index is 10.5. The van der Waals surface area contributed by atoms with Gasteiger partial charge in [0, 0.05) is 6.54 Å². The third-order valence-electron chi connectivity index (χ3n) is 2.60. The van der Waals surface area contributed by atoms with Gasteiger partial charge in [0.15, 0.2) is 0 Å². The number of aliphatic carboxylic acids is 1. The summed E-state index contributed by atoms with van der Waals surface area (Å²) < 4.78 is 0. The molecule has 1 aromatic carbocycles. The Labute approximate surface area is 101 Å². The van der Waals surface area contributed by atoms with E-state index in [0.29, 0.717) is 6.54 Å². The lowest BCUT2D eigenvalue weighted by Crippen LogP contribution is -2.26. The van der Waals surface area contributed by atoms with Gasteiger partial charge in [-0.3, -0.25) is 9.69 Å². The maximum absolute atomic E-state index is 10.5. The topological polar surface area (TPSA) is 64.3 Å². The second-order valence-corrected chi connectivity index (χ2v) is 4.07. The SMILES string of the molecule is Cc1cccc(C(C#N)N(C)CCC(=O)O)c1. The average molecular weight is 232 g/mol. The Balaban J connectivity index is 2.78. The number of aryl methyl sites for hydroxylation is 1. The molecule has 0 bridgehead atoms. The second kappa shape index (κ2) is 6.02. The van der Waals surface area contributed by atoms with Crippen LogP contribution in [0.2, 0.25) is 0 Å². The van der Waals surface area contributed by atoms with Gasteiger partial charge in [0.05, 0.1) is 12.5 Å². The highest BCUT2D eigenvalue weighted by Gasteiger charge is 2.16. The molecule has 0 heterocycles. The number of nitriles is 1. The molecule has 0 saturated heterocycles. The van der Waals surface area contributed by atoms with Crippen molar-refractivity contribution in [1.82, 2.24) is 4.90 Å². The first-order chi connectivity index (χ1) is 8.04. The molecule has 0 aromatic heterocycles. The summed E-state index contributed by atoms with van der Waals surface area (Å²) >= 11 is 0. The molecule has 4 heteroatoms. The maximum Gasteiger partial charge on any atom is 0.304 e. The summed E-state index contributed by atoms with van der Waals surface area (Å²) in [6.07, 6.45) is 0.0422. The van der Waals surface area contributed by atoms with E-state index in [9.17, 15) is 4.79 Å². The molecule has 1 N–H and O–H groups in total. The van der Waals surface area contributed by atoms with Crippen molar-refractivity contribution in [3.63, 3.8) is 0 Å². The van der Waals surface area contributed by atoms with Crippen LogP contribution in [0.3, 0.4) is 0 Å². The number of hydrogen-bond acceptors (Lipinski definition) is 3. The van der Waals surface area contributed by atoms with E-state index in [4.69, 9.17) is 10.4 Å². The van der Waals surface area contributed by atoms with Crippen molar-refractivity contribution in [3.05, 3.63) is 35.4 Å². The quantitative estimate of drug-likeness (QED) is 0.843. The number of nitrogens with zero attached hydrogens (tertiary/aromatic N) is 2. The van der Waals surface area contributed by atoms with Crippen molar-refractivity contribution in [2.24, 2.45) is 0 Å². The zero-order chi connectivity index (χ0) is 12.8. The Kier molecular flexibility index (Phi) is 4.68. The van der Waals surface area contributed by atoms with E-state index in [1.165, 1.54) is 0 Å². The molecule has 4 nitrogen and oxygen atoms in total. The predicted molar refractivity (Wildman–Crippen MR) is 64.4 cm³/mol. The molecule has 0 aliphatic carbocycles. The van der Waals surface area contributed by atoms with Gasteiger partial charge in [0.2, 0.25) is 0 Å². The van der Waals surface area contributed by atoms with E-state index >= 15 is 0 Å². The van der Waals surface area contributed by atoms with Crippen molar-refractivity contribution in [2.75, 3.05) is 13.6 Å². The minimum atomic E-state index is -0.849. The number of carboxylic acid groups (broad SMARTS) is 1. The van der Waals surface area contributed by atoms with Crippen molar-refractivity contribution in [1.29, 1.82) is 5.26 Å². The molecule has 1 atom stereocenters. The van der Waals surface area contributed by atoms with E-state index in [0.717, 1.165) is 11.1 Å². The van der Waals surface area contributed by atoms with E-state index in [1.54, 1.807) is 11.9 Å². The van der Waals surface area contributed by atoms with Gasteiger partial charge in [-0.25, -0.2) is 0 Å². The van der Waals surface area contributed by atoms with Gasteiger partial charge in [0.25, 0.3) is 0 Å². The third kappa shape index (κ3) is 3.89. The van der Waals surface area contributed by atoms with Crippen LogP contribution in [-0.4, -0.2) is 29.6 Å². The number of rotatable bonds is 5. The van der Waals surface area contributed by atoms with Gasteiger partial charge in [-0.2, -0.15) is 5.26 Å². The van der Waals surface area contributed by atoms with Crippen LogP contribution >= 0.6 is 0 Å². The van der Waals surface area contributed by atoms with Gasteiger partial charge in [-0.1, -0.05) is 29.8 Å². The van der Waals surface area contributed by atoms with Crippen LogP contribution in [-0.2, 0) is 4.79 Å². The van der Waals surface area contributed by atoms with Crippen LogP contribution in [0.4, 0.5) is 0 Å². The molecule has 90 valence electrons. The minimum absolute atomic E-state index is 0.0422. The Morgan fingerprint density at radius 1 is 1.59 bits per heavy atom. The highest BCUT2D eigenvalue weighted by Crippen LogP contribution is 2.19. The molecule has 0 fully saturated rings. The summed E-state index contributed by atoms with van der Waals surface area (Å²) in [6.45, 7) is 2.33. The molecule has 0 radical (unpaired) electrons. The monoisotopic (exact) mass is 232 g/mol. The molecule has 0 aliphatic rings. The lowest BCUT2D eigenvalue weighted by atomic mass is 10.0. The summed E-state index contributed by atoms with van der Waals surface area (Å²) in [6, 6.07) is 9.51. The van der Waals surface area contributed by atoms with E-state index in [1.807, 2.05) is 31.2 Å². The minimum Gasteiger partial charge on any atom is -0.481 e. The van der Waals surface area contributed by atoms with Crippen LogP contribution in [0, 0.1) is 18.3 Å². The first-order valence-electron chi connectivity index (χ1n) is 5.43. The predicted octanol–water partition coefficient (Wildman–Crippen LogP) is 1.97. The van der Waals surface area contributed by atoms with Crippen LogP contribution < -0.4 is 0 Å². The molecule has 1 unspecified atom stereocenters. The molecule has 17 heavy (non-hydrogen) atoms. The number of carboxylic acids is 1. The molecular formula is C13H16N2O2. The van der Waals surface area contributed by atoms with Crippen molar-refractivity contribution in [3.8, 4) is 6.07 Å². The summed E-state index contributed by atoms with van der Waals surface area (Å²) in [5, 5.41) is 17.8. The second-order valence-electron chi connectivity index (χ2n) is 4.07. The fraction of sp³-hybridized carbons (Fsp3) is 0.385. The molecule has 0 saturated carbocycles. The molecule has 0 amide bonds. The largest absolute Gasteiger partial charge is 0.481 e. The highest BCUT2D eigenvalue weighted by molar-refractivity contribution is 5.66. The fourth-order valence-electron chi connectivity index (χ4n) is 1.67. The first-order valence-corrected chi connectivity index (χ1v) is 5.43. The lowest BCUT2D eigenvalue weighted by molar-refractivity contribution is -0.137. The summed E-state index contributed by atoms with van der Waals surface area (Å²) in [5.41, 5.74) is 2.00. The number of carbonyl (C=O) groups is 1. The number of benzene rings is 1. The van der Waals surface area contributed by atoms with E-state index in [2.05, 4.69) is 6.07 Å². The van der Waals surface area contributed by atoms with Crippen LogP contribution in [0.15, 0.2) is 24.3 Å². The van der Waals surface area contributed by atoms with Crippen molar-refractivity contribution in [2.45, 2.75) is 19.4 Å². The third-order valence-corrected chi connectivity index (χ3v) is 2.60. The smallest absolute Gasteiger partial charge is 0.304 e. The Morgan fingerprint density at radius 3 is 2.82 bits per heavy atom. The number of hydrogen-bond donors (Lipinski definition) is 1. The molecule has 1 aromatic rings. The fourth-order valence-corrected chi connectivity index (χ4v) is 1.67. The summed E-state index contributed by atoms with van der Waals surface area (Å²) in [5.74, 6) is -0.849. The van der Waals surface area contributed by atoms with Crippen molar-refractivity contribution >= 4 is 5.97 Å². The lowest BCUT2D eigenvalue weighted by Gasteiger charge is -2.22. The van der Waals surface area contributed by atoms with Gasteiger partial charge < -0.3 is 5.11 Å². The van der Waals surface area contributed by atoms with Gasteiger partial charge in [-0.05, 0) is 19.5 Å². The molecule has 1 rings (SSSR count). The van der Waals surface area contributed by atoms with Gasteiger partial charge >= 0.3 is 5.97 Å². The normalized spacial score (nSPS) is 12.1. The van der Waals surface area contributed by atoms with E-state index < -0.39 is 12.0 Å². The Morgan fingerprint density at radius 2 is 2.29 bits per heavy atom. The zero-order valence-electron chi connectivity index (χ0n) is 10.1.